The van der Waals surface area contributed by atoms with Gasteiger partial charge in [-0.15, -0.1) is 24.0 Å². The summed E-state index contributed by atoms with van der Waals surface area (Å²) < 4.78 is 7.50. The number of ether oxygens (including phenoxy) is 1. The zero-order chi connectivity index (χ0) is 17.6. The van der Waals surface area contributed by atoms with Gasteiger partial charge in [-0.3, -0.25) is 9.67 Å². The van der Waals surface area contributed by atoms with Gasteiger partial charge in [-0.2, -0.15) is 5.10 Å². The smallest absolute Gasteiger partial charge is 0.191 e. The molecular formula is C17H34IN5O. The number of hydrogen-bond donors (Lipinski definition) is 2. The van der Waals surface area contributed by atoms with Crippen molar-refractivity contribution in [1.82, 2.24) is 20.4 Å². The molecule has 0 saturated carbocycles. The van der Waals surface area contributed by atoms with Crippen LogP contribution in [0.5, 0.6) is 0 Å². The first kappa shape index (κ1) is 23.2. The highest BCUT2D eigenvalue weighted by Gasteiger charge is 2.24. The third kappa shape index (κ3) is 6.58. The predicted octanol–water partition coefficient (Wildman–Crippen LogP) is 2.42. The van der Waals surface area contributed by atoms with E-state index in [1.54, 1.807) is 14.2 Å². The number of aliphatic imine (C=N–C) groups is 1. The lowest BCUT2D eigenvalue weighted by atomic mass is 9.89. The first-order chi connectivity index (χ1) is 10.7. The number of hydrogen-bond acceptors (Lipinski definition) is 3. The summed E-state index contributed by atoms with van der Waals surface area (Å²) in [7, 11) is 5.52. The van der Waals surface area contributed by atoms with Crippen molar-refractivity contribution < 1.29 is 4.74 Å². The van der Waals surface area contributed by atoms with Crippen LogP contribution in [0.1, 0.15) is 37.7 Å². The molecule has 6 nitrogen and oxygen atoms in total. The highest BCUT2D eigenvalue weighted by molar-refractivity contribution is 14.0. The number of aromatic nitrogens is 2. The maximum atomic E-state index is 5.56. The summed E-state index contributed by atoms with van der Waals surface area (Å²) in [5.74, 6) is 0.801. The zero-order valence-electron chi connectivity index (χ0n) is 16.4. The summed E-state index contributed by atoms with van der Waals surface area (Å²) in [6, 6.07) is 0. The number of aryl methyl sites for hydroxylation is 2. The molecular weight excluding hydrogens is 417 g/mol. The van der Waals surface area contributed by atoms with Crippen LogP contribution >= 0.6 is 24.0 Å². The maximum Gasteiger partial charge on any atom is 0.191 e. The molecule has 0 saturated heterocycles. The van der Waals surface area contributed by atoms with Crippen LogP contribution in [0, 0.1) is 19.3 Å². The lowest BCUT2D eigenvalue weighted by Crippen LogP contribution is -2.45. The second-order valence-electron chi connectivity index (χ2n) is 6.99. The van der Waals surface area contributed by atoms with Crippen LogP contribution < -0.4 is 10.6 Å². The van der Waals surface area contributed by atoms with Gasteiger partial charge in [0.05, 0.1) is 11.8 Å². The molecule has 0 amide bonds. The summed E-state index contributed by atoms with van der Waals surface area (Å²) in [6.07, 6.45) is 1.06. The van der Waals surface area contributed by atoms with Crippen molar-refractivity contribution in [2.45, 2.75) is 47.1 Å². The normalized spacial score (nSPS) is 13.4. The molecule has 2 N–H and O–H groups in total. The van der Waals surface area contributed by atoms with E-state index in [0.717, 1.165) is 31.2 Å². The number of methoxy groups -OCH3 is 1. The summed E-state index contributed by atoms with van der Waals surface area (Å²) in [5.41, 5.74) is 3.71. The van der Waals surface area contributed by atoms with Crippen LogP contribution in [0.25, 0.3) is 0 Å². The van der Waals surface area contributed by atoms with Gasteiger partial charge in [0, 0.05) is 40.0 Å². The van der Waals surface area contributed by atoms with Crippen LogP contribution in [0.15, 0.2) is 4.99 Å². The molecule has 1 unspecified atom stereocenters. The zero-order valence-corrected chi connectivity index (χ0v) is 18.7. The van der Waals surface area contributed by atoms with Gasteiger partial charge in [0.2, 0.25) is 0 Å². The first-order valence-corrected chi connectivity index (χ1v) is 8.17. The Labute approximate surface area is 163 Å². The van der Waals surface area contributed by atoms with Crippen LogP contribution in [0.3, 0.4) is 0 Å². The summed E-state index contributed by atoms with van der Waals surface area (Å²) >= 11 is 0. The van der Waals surface area contributed by atoms with E-state index in [0.29, 0.717) is 0 Å². The van der Waals surface area contributed by atoms with E-state index >= 15 is 0 Å². The Hall–Kier alpha value is -0.830. The van der Waals surface area contributed by atoms with Gasteiger partial charge in [0.25, 0.3) is 0 Å². The molecule has 1 aromatic heterocycles. The molecule has 1 aromatic rings. The van der Waals surface area contributed by atoms with Crippen LogP contribution in [0.4, 0.5) is 0 Å². The van der Waals surface area contributed by atoms with Crippen molar-refractivity contribution in [3.8, 4) is 0 Å². The quantitative estimate of drug-likeness (QED) is 0.396. The van der Waals surface area contributed by atoms with E-state index in [2.05, 4.69) is 55.3 Å². The van der Waals surface area contributed by atoms with Gasteiger partial charge in [-0.1, -0.05) is 20.8 Å². The lowest BCUT2D eigenvalue weighted by molar-refractivity contribution is 0.0205. The van der Waals surface area contributed by atoms with Gasteiger partial charge in [0.15, 0.2) is 5.96 Å². The summed E-state index contributed by atoms with van der Waals surface area (Å²) in [6.45, 7) is 12.2. The number of rotatable bonds is 6. The summed E-state index contributed by atoms with van der Waals surface area (Å²) in [4.78, 5) is 4.28. The minimum Gasteiger partial charge on any atom is -0.379 e. The maximum absolute atomic E-state index is 5.56. The third-order valence-corrected chi connectivity index (χ3v) is 4.26. The molecule has 140 valence electrons. The Bertz CT molecular complexity index is 534. The minimum absolute atomic E-state index is 0. The monoisotopic (exact) mass is 451 g/mol. The molecule has 24 heavy (non-hydrogen) atoms. The van der Waals surface area contributed by atoms with E-state index in [1.165, 1.54) is 11.3 Å². The standard InChI is InChI=1S/C17H33N5O.HI/c1-12-14(13(2)22(7)21-12)9-10-19-16(18-6)20-11-15(23-8)17(3,4)5;/h15H,9-11H2,1-8H3,(H2,18,19,20);1H. The molecule has 0 aromatic carbocycles. The summed E-state index contributed by atoms with van der Waals surface area (Å²) in [5, 5.41) is 11.2. The second-order valence-corrected chi connectivity index (χ2v) is 6.99. The van der Waals surface area contributed by atoms with Crippen molar-refractivity contribution in [3.63, 3.8) is 0 Å². The lowest BCUT2D eigenvalue weighted by Gasteiger charge is -2.30. The van der Waals surface area contributed by atoms with Crippen molar-refractivity contribution in [2.24, 2.45) is 17.5 Å². The number of nitrogens with zero attached hydrogens (tertiary/aromatic N) is 3. The SMILES string of the molecule is CN=C(NCCc1c(C)nn(C)c1C)NCC(OC)C(C)(C)C.I. The first-order valence-electron chi connectivity index (χ1n) is 8.17. The largest absolute Gasteiger partial charge is 0.379 e. The molecule has 1 rings (SSSR count). The molecule has 0 bridgehead atoms. The van der Waals surface area contributed by atoms with E-state index in [-0.39, 0.29) is 35.5 Å². The second kappa shape index (κ2) is 10.2. The Balaban J connectivity index is 0.00000529. The highest BCUT2D eigenvalue weighted by atomic mass is 127. The van der Waals surface area contributed by atoms with E-state index < -0.39 is 0 Å². The van der Waals surface area contributed by atoms with Crippen molar-refractivity contribution >= 4 is 29.9 Å². The third-order valence-electron chi connectivity index (χ3n) is 4.26. The Kier molecular flexibility index (Phi) is 9.87. The van der Waals surface area contributed by atoms with Gasteiger partial charge < -0.3 is 15.4 Å². The van der Waals surface area contributed by atoms with Crippen LogP contribution in [0.2, 0.25) is 0 Å². The molecule has 0 fully saturated rings. The highest BCUT2D eigenvalue weighted by Crippen LogP contribution is 2.20. The Morgan fingerprint density at radius 1 is 1.29 bits per heavy atom. The molecule has 0 aliphatic rings. The van der Waals surface area contributed by atoms with Crippen molar-refractivity contribution in [3.05, 3.63) is 17.0 Å². The number of halogens is 1. The molecule has 1 atom stereocenters. The van der Waals surface area contributed by atoms with Crippen molar-refractivity contribution in [2.75, 3.05) is 27.2 Å². The van der Waals surface area contributed by atoms with Gasteiger partial charge in [-0.25, -0.2) is 0 Å². The topological polar surface area (TPSA) is 63.5 Å². The van der Waals surface area contributed by atoms with Crippen LogP contribution in [-0.2, 0) is 18.2 Å². The molecule has 0 aliphatic heterocycles. The Morgan fingerprint density at radius 2 is 1.92 bits per heavy atom. The fourth-order valence-corrected chi connectivity index (χ4v) is 2.64. The van der Waals surface area contributed by atoms with E-state index in [4.69, 9.17) is 4.74 Å². The molecule has 0 aliphatic carbocycles. The molecule has 1 heterocycles. The van der Waals surface area contributed by atoms with Gasteiger partial charge in [-0.05, 0) is 31.2 Å². The average Bonchev–Trinajstić information content (AvgIpc) is 2.70. The van der Waals surface area contributed by atoms with E-state index in [1.807, 2.05) is 11.7 Å². The molecule has 0 radical (unpaired) electrons. The average molecular weight is 451 g/mol. The van der Waals surface area contributed by atoms with Crippen molar-refractivity contribution in [1.29, 1.82) is 0 Å². The number of guanidine groups is 1. The predicted molar refractivity (Wildman–Crippen MR) is 111 cm³/mol. The minimum atomic E-state index is 0. The van der Waals surface area contributed by atoms with E-state index in [9.17, 15) is 0 Å². The van der Waals surface area contributed by atoms with Crippen LogP contribution in [-0.4, -0.2) is 49.1 Å². The fraction of sp³-hybridized carbons (Fsp3) is 0.765. The van der Waals surface area contributed by atoms with Gasteiger partial charge >= 0.3 is 0 Å². The van der Waals surface area contributed by atoms with Gasteiger partial charge in [0.1, 0.15) is 0 Å². The fourth-order valence-electron chi connectivity index (χ4n) is 2.64. The Morgan fingerprint density at radius 3 is 2.33 bits per heavy atom. The molecule has 7 heteroatoms. The molecule has 0 spiro atoms. The number of nitrogens with one attached hydrogen (secondary N) is 2.